The van der Waals surface area contributed by atoms with E-state index in [2.05, 4.69) is 10.2 Å². The minimum atomic E-state index is -5.05. The fourth-order valence-electron chi connectivity index (χ4n) is 8.26. The Labute approximate surface area is 336 Å². The average molecular weight is 865 g/mol. The lowest BCUT2D eigenvalue weighted by Crippen LogP contribution is -2.24. The molecule has 0 saturated heterocycles. The van der Waals surface area contributed by atoms with E-state index >= 15 is 8.78 Å². The van der Waals surface area contributed by atoms with Crippen molar-refractivity contribution in [3.63, 3.8) is 0 Å². The summed E-state index contributed by atoms with van der Waals surface area (Å²) in [6, 6.07) is 14.5. The van der Waals surface area contributed by atoms with E-state index in [0.29, 0.717) is 48.9 Å². The predicted octanol–water partition coefficient (Wildman–Crippen LogP) is 9.84. The van der Waals surface area contributed by atoms with Crippen LogP contribution in [0.1, 0.15) is 58.6 Å². The first kappa shape index (κ1) is 40.0. The third-order valence-electron chi connectivity index (χ3n) is 10.6. The van der Waals surface area contributed by atoms with Crippen molar-refractivity contribution in [3.05, 3.63) is 122 Å². The number of Topliss-reactive ketones (excluding diaryl/α,β-unsaturated/α-hetero) is 1. The topological polar surface area (TPSA) is 99.7 Å². The number of hydrogen-bond donors (Lipinski definition) is 0. The maximum Gasteiger partial charge on any atom is 0.435 e. The number of ketones is 1. The number of pyridine rings is 1. The molecule has 3 aromatic carbocycles. The summed E-state index contributed by atoms with van der Waals surface area (Å²) in [6.07, 6.45) is -3.44. The summed E-state index contributed by atoms with van der Waals surface area (Å²) >= 11 is 13.3. The van der Waals surface area contributed by atoms with E-state index < -0.39 is 92.8 Å². The van der Waals surface area contributed by atoms with Gasteiger partial charge in [0.05, 0.1) is 27.7 Å². The van der Waals surface area contributed by atoms with Gasteiger partial charge in [-0.05, 0) is 54.7 Å². The molecule has 1 saturated carbocycles. The maximum absolute atomic E-state index is 15.4. The molecule has 58 heavy (non-hydrogen) atoms. The summed E-state index contributed by atoms with van der Waals surface area (Å²) in [6.45, 7) is -0.948. The van der Waals surface area contributed by atoms with Crippen molar-refractivity contribution in [1.82, 2.24) is 24.5 Å². The Hall–Kier alpha value is -4.80. The Morgan fingerprint density at radius 2 is 1.67 bits per heavy atom. The Bertz CT molecular complexity index is 2770. The SMILES string of the molecule is Cn1nc(CS(C)(=O)=O)c2c(Cl)ccc(-c3cc(-c4ccccc4Cl)cnc3[C@@H](CC(=O)Cn3nc(C(F)(F)F)c4c3C(F)(F)[C@@H]3C[C@H]43)Cc3cc(F)cc(F)c3)c21. The summed E-state index contributed by atoms with van der Waals surface area (Å²) in [4.78, 5) is 18.8. The Kier molecular flexibility index (Phi) is 9.79. The second-order valence-corrected chi connectivity index (χ2v) is 17.8. The van der Waals surface area contributed by atoms with Crippen LogP contribution in [0, 0.1) is 17.6 Å². The Morgan fingerprint density at radius 1 is 0.966 bits per heavy atom. The number of alkyl halides is 5. The number of aryl methyl sites for hydroxylation is 1. The number of nitrogens with zero attached hydrogens (tertiary/aromatic N) is 5. The van der Waals surface area contributed by atoms with Crippen LogP contribution in [0.25, 0.3) is 33.2 Å². The van der Waals surface area contributed by atoms with Crippen molar-refractivity contribution >= 4 is 49.7 Å². The van der Waals surface area contributed by atoms with Crippen LogP contribution < -0.4 is 0 Å². The standard InChI is InChI=1S/C40H30Cl2F7N5O3S/c1-53-36-26(7-8-31(42)34(36)32(51-53)18-58(2,56)57)27-13-21(25-5-3-4-6-30(25)41)16-50-35(27)20(9-19-10-22(43)14-23(44)11-19)12-24(55)17-54-38-33(37(52-54)40(47,48)49)28-15-29(28)39(38,45)46/h3-8,10-11,13-14,16,20,28-29H,9,12,15,17-18H2,1-2H3/t20-,28+,29-/m1/s1. The van der Waals surface area contributed by atoms with Gasteiger partial charge in [-0.1, -0.05) is 47.5 Å². The van der Waals surface area contributed by atoms with Gasteiger partial charge >= 0.3 is 6.18 Å². The molecule has 18 heteroatoms. The smallest absolute Gasteiger partial charge is 0.298 e. The van der Waals surface area contributed by atoms with E-state index in [0.717, 1.165) is 18.4 Å². The van der Waals surface area contributed by atoms with Crippen LogP contribution in [0.5, 0.6) is 0 Å². The number of carbonyl (C=O) groups excluding carboxylic acids is 1. The highest BCUT2D eigenvalue weighted by atomic mass is 35.5. The molecule has 3 heterocycles. The minimum absolute atomic E-state index is 0.0985. The Balaban J connectivity index is 1.29. The molecule has 0 spiro atoms. The van der Waals surface area contributed by atoms with Crippen LogP contribution in [0.2, 0.25) is 10.0 Å². The molecule has 0 radical (unpaired) electrons. The minimum Gasteiger partial charge on any atom is -0.298 e. The van der Waals surface area contributed by atoms with Crippen molar-refractivity contribution in [2.45, 2.75) is 55.5 Å². The highest BCUT2D eigenvalue weighted by Gasteiger charge is 2.68. The molecule has 8 rings (SSSR count). The lowest BCUT2D eigenvalue weighted by molar-refractivity contribution is -0.142. The molecule has 0 N–H and O–H groups in total. The fraction of sp³-hybridized carbons (Fsp3) is 0.300. The summed E-state index contributed by atoms with van der Waals surface area (Å²) in [7, 11) is -2.02. The van der Waals surface area contributed by atoms with E-state index in [1.165, 1.54) is 16.9 Å². The van der Waals surface area contributed by atoms with Crippen molar-refractivity contribution in [2.75, 3.05) is 6.26 Å². The summed E-state index contributed by atoms with van der Waals surface area (Å²) in [5.74, 6) is -10.1. The van der Waals surface area contributed by atoms with E-state index in [-0.39, 0.29) is 34.8 Å². The van der Waals surface area contributed by atoms with Gasteiger partial charge in [-0.2, -0.15) is 32.1 Å². The van der Waals surface area contributed by atoms with Gasteiger partial charge in [-0.3, -0.25) is 19.1 Å². The number of hydrogen-bond acceptors (Lipinski definition) is 6. The zero-order chi connectivity index (χ0) is 41.6. The zero-order valence-electron chi connectivity index (χ0n) is 30.4. The number of sulfone groups is 1. The number of carbonyl (C=O) groups is 1. The Morgan fingerprint density at radius 3 is 2.34 bits per heavy atom. The summed E-state index contributed by atoms with van der Waals surface area (Å²) < 4.78 is 129. The van der Waals surface area contributed by atoms with Gasteiger partial charge in [0.2, 0.25) is 0 Å². The first-order chi connectivity index (χ1) is 27.2. The van der Waals surface area contributed by atoms with Crippen LogP contribution in [-0.4, -0.2) is 45.0 Å². The first-order valence-electron chi connectivity index (χ1n) is 17.8. The molecular formula is C40H30Cl2F7N5O3S. The molecule has 0 amide bonds. The lowest BCUT2D eigenvalue weighted by atomic mass is 9.85. The molecule has 2 aliphatic rings. The van der Waals surface area contributed by atoms with E-state index in [1.807, 2.05) is 0 Å². The molecule has 0 unspecified atom stereocenters. The predicted molar refractivity (Wildman–Crippen MR) is 202 cm³/mol. The molecule has 0 bridgehead atoms. The molecule has 3 atom stereocenters. The van der Waals surface area contributed by atoms with Crippen LogP contribution in [0.4, 0.5) is 30.7 Å². The molecule has 8 nitrogen and oxygen atoms in total. The molecule has 6 aromatic rings. The van der Waals surface area contributed by atoms with Crippen molar-refractivity contribution in [1.29, 1.82) is 0 Å². The average Bonchev–Trinajstić information content (AvgIpc) is 3.66. The monoisotopic (exact) mass is 863 g/mol. The number of halogens is 9. The van der Waals surface area contributed by atoms with Gasteiger partial charge in [-0.25, -0.2) is 17.2 Å². The highest BCUT2D eigenvalue weighted by Crippen LogP contribution is 2.68. The van der Waals surface area contributed by atoms with Crippen LogP contribution in [0.3, 0.4) is 0 Å². The van der Waals surface area contributed by atoms with Crippen LogP contribution >= 0.6 is 23.2 Å². The third kappa shape index (κ3) is 7.27. The second kappa shape index (κ2) is 14.2. The highest BCUT2D eigenvalue weighted by molar-refractivity contribution is 7.89. The van der Waals surface area contributed by atoms with Gasteiger partial charge in [0.15, 0.2) is 21.3 Å². The van der Waals surface area contributed by atoms with Crippen LogP contribution in [0.15, 0.2) is 66.9 Å². The fourth-order valence-corrected chi connectivity index (χ4v) is 9.47. The van der Waals surface area contributed by atoms with Crippen molar-refractivity contribution < 1.29 is 43.9 Å². The van der Waals surface area contributed by atoms with Crippen molar-refractivity contribution in [3.8, 4) is 22.3 Å². The lowest BCUT2D eigenvalue weighted by Gasteiger charge is -2.22. The molecule has 302 valence electrons. The molecule has 3 aromatic heterocycles. The summed E-state index contributed by atoms with van der Waals surface area (Å²) in [5, 5.41) is 8.82. The van der Waals surface area contributed by atoms with Gasteiger partial charge in [-0.15, -0.1) is 0 Å². The quantitative estimate of drug-likeness (QED) is 0.120. The molecule has 1 fully saturated rings. The second-order valence-electron chi connectivity index (χ2n) is 14.9. The van der Waals surface area contributed by atoms with Gasteiger partial charge in [0, 0.05) is 82.0 Å². The number of aromatic nitrogens is 5. The number of benzene rings is 3. The van der Waals surface area contributed by atoms with Crippen LogP contribution in [-0.2, 0) is 52.5 Å². The number of fused-ring (bicyclic) bond motifs is 4. The van der Waals surface area contributed by atoms with E-state index in [9.17, 15) is 35.2 Å². The van der Waals surface area contributed by atoms with Gasteiger partial charge in [0.1, 0.15) is 23.9 Å². The van der Waals surface area contributed by atoms with Gasteiger partial charge in [0.25, 0.3) is 5.92 Å². The van der Waals surface area contributed by atoms with E-state index in [1.54, 1.807) is 43.4 Å². The first-order valence-corrected chi connectivity index (χ1v) is 20.6. The zero-order valence-corrected chi connectivity index (χ0v) is 32.7. The largest absolute Gasteiger partial charge is 0.435 e. The number of rotatable bonds is 11. The molecular weight excluding hydrogens is 834 g/mol. The maximum atomic E-state index is 15.4. The normalized spacial score (nSPS) is 17.7. The van der Waals surface area contributed by atoms with Gasteiger partial charge < -0.3 is 0 Å². The van der Waals surface area contributed by atoms with Crippen molar-refractivity contribution in [2.24, 2.45) is 13.0 Å². The third-order valence-corrected chi connectivity index (χ3v) is 12.0. The van der Waals surface area contributed by atoms with E-state index in [4.69, 9.17) is 28.2 Å². The molecule has 2 aliphatic carbocycles. The molecule has 0 aliphatic heterocycles. The summed E-state index contributed by atoms with van der Waals surface area (Å²) in [5.41, 5.74) is -0.373.